The fourth-order valence-corrected chi connectivity index (χ4v) is 3.53. The zero-order valence-corrected chi connectivity index (χ0v) is 16.1. The Morgan fingerprint density at radius 3 is 2.46 bits per heavy atom. The van der Waals surface area contributed by atoms with Crippen LogP contribution in [0.25, 0.3) is 6.08 Å². The summed E-state index contributed by atoms with van der Waals surface area (Å²) in [5.41, 5.74) is 2.65. The maximum absolute atomic E-state index is 12.9. The molecule has 3 rings (SSSR count). The molecule has 1 aliphatic rings. The highest BCUT2D eigenvalue weighted by molar-refractivity contribution is 8.18. The van der Waals surface area contributed by atoms with E-state index < -0.39 is 0 Å². The van der Waals surface area contributed by atoms with Gasteiger partial charge < -0.3 is 5.32 Å². The molecule has 0 aromatic heterocycles. The number of thioether (sulfide) groups is 1. The fourth-order valence-electron chi connectivity index (χ4n) is 2.66. The van der Waals surface area contributed by atoms with Crippen molar-refractivity contribution < 1.29 is 18.8 Å². The minimum absolute atomic E-state index is 0.102. The van der Waals surface area contributed by atoms with Crippen LogP contribution in [0.1, 0.15) is 16.7 Å². The van der Waals surface area contributed by atoms with Crippen LogP contribution in [0, 0.1) is 12.7 Å². The van der Waals surface area contributed by atoms with Crippen LogP contribution in [0.15, 0.2) is 53.4 Å². The van der Waals surface area contributed by atoms with Gasteiger partial charge in [0.2, 0.25) is 5.91 Å². The summed E-state index contributed by atoms with van der Waals surface area (Å²) in [6.07, 6.45) is 1.80. The molecule has 3 amide bonds. The highest BCUT2D eigenvalue weighted by atomic mass is 32.2. The van der Waals surface area contributed by atoms with Gasteiger partial charge in [0.05, 0.1) is 11.3 Å². The van der Waals surface area contributed by atoms with Gasteiger partial charge in [0.1, 0.15) is 5.82 Å². The maximum atomic E-state index is 12.9. The van der Waals surface area contributed by atoms with Crippen molar-refractivity contribution in [2.24, 2.45) is 0 Å². The second-order valence-electron chi connectivity index (χ2n) is 6.40. The Bertz CT molecular complexity index is 924. The third kappa shape index (κ3) is 5.07. The first-order valence-corrected chi connectivity index (χ1v) is 9.57. The van der Waals surface area contributed by atoms with Crippen LogP contribution in [0.4, 0.5) is 9.18 Å². The number of nitrogens with one attached hydrogen (secondary N) is 1. The molecule has 0 saturated carbocycles. The maximum Gasteiger partial charge on any atom is 0.293 e. The van der Waals surface area contributed by atoms with Crippen molar-refractivity contribution in [3.05, 3.63) is 75.9 Å². The molecule has 1 fully saturated rings. The van der Waals surface area contributed by atoms with Gasteiger partial charge >= 0.3 is 0 Å². The summed E-state index contributed by atoms with van der Waals surface area (Å²) in [7, 11) is 0. The number of halogens is 1. The molecule has 1 heterocycles. The summed E-state index contributed by atoms with van der Waals surface area (Å²) in [6, 6.07) is 13.3. The Kier molecular flexibility index (Phi) is 6.26. The van der Waals surface area contributed by atoms with E-state index in [1.54, 1.807) is 18.2 Å². The highest BCUT2D eigenvalue weighted by Crippen LogP contribution is 2.31. The van der Waals surface area contributed by atoms with Gasteiger partial charge in [0.25, 0.3) is 11.1 Å². The number of hydrogen-bond donors (Lipinski definition) is 1. The third-order valence-electron chi connectivity index (χ3n) is 4.18. The van der Waals surface area contributed by atoms with Gasteiger partial charge in [-0.2, -0.15) is 0 Å². The normalized spacial score (nSPS) is 15.4. The Morgan fingerprint density at radius 1 is 1.11 bits per heavy atom. The molecule has 7 heteroatoms. The smallest absolute Gasteiger partial charge is 0.293 e. The van der Waals surface area contributed by atoms with Crippen LogP contribution in [0.5, 0.6) is 0 Å². The molecule has 0 atom stereocenters. The molecule has 1 N–H and O–H groups in total. The van der Waals surface area contributed by atoms with E-state index in [1.807, 2.05) is 31.2 Å². The first kappa shape index (κ1) is 19.8. The number of benzene rings is 2. The van der Waals surface area contributed by atoms with E-state index in [4.69, 9.17) is 0 Å². The lowest BCUT2D eigenvalue weighted by molar-refractivity contribution is -0.124. The van der Waals surface area contributed by atoms with Gasteiger partial charge in [-0.05, 0) is 48.0 Å². The second-order valence-corrected chi connectivity index (χ2v) is 7.39. The van der Waals surface area contributed by atoms with Crippen molar-refractivity contribution in [3.8, 4) is 0 Å². The lowest BCUT2D eigenvalue weighted by atomic mass is 10.1. The van der Waals surface area contributed by atoms with Crippen molar-refractivity contribution in [1.29, 1.82) is 0 Å². The molecule has 2 aromatic carbocycles. The standard InChI is InChI=1S/C21H19FN2O3S/c1-14-2-4-15(5-3-14)12-18-20(26)24(21(27)28-18)11-10-23-19(25)13-16-6-8-17(22)9-7-16/h2-9,12H,10-11,13H2,1H3,(H,23,25)/b18-12-. The summed E-state index contributed by atoms with van der Waals surface area (Å²) >= 11 is 0.894. The summed E-state index contributed by atoms with van der Waals surface area (Å²) in [5, 5.41) is 2.33. The van der Waals surface area contributed by atoms with E-state index in [0.29, 0.717) is 10.5 Å². The van der Waals surface area contributed by atoms with Gasteiger partial charge in [0, 0.05) is 13.1 Å². The number of imide groups is 1. The predicted octanol–water partition coefficient (Wildman–Crippen LogP) is 3.53. The quantitative estimate of drug-likeness (QED) is 0.756. The molecule has 144 valence electrons. The molecule has 5 nitrogen and oxygen atoms in total. The minimum Gasteiger partial charge on any atom is -0.354 e. The average Bonchev–Trinajstić information content (AvgIpc) is 2.93. The van der Waals surface area contributed by atoms with Gasteiger partial charge in [-0.25, -0.2) is 4.39 Å². The van der Waals surface area contributed by atoms with Crippen LogP contribution < -0.4 is 5.32 Å². The molecular weight excluding hydrogens is 379 g/mol. The van der Waals surface area contributed by atoms with E-state index in [1.165, 1.54) is 12.1 Å². The predicted molar refractivity (Wildman–Crippen MR) is 107 cm³/mol. The summed E-state index contributed by atoms with van der Waals surface area (Å²) < 4.78 is 12.9. The number of rotatable bonds is 6. The van der Waals surface area contributed by atoms with Crippen LogP contribution in [-0.4, -0.2) is 35.0 Å². The molecule has 2 aromatic rings. The van der Waals surface area contributed by atoms with Gasteiger partial charge in [-0.15, -0.1) is 0 Å². The Morgan fingerprint density at radius 2 is 1.79 bits per heavy atom. The zero-order chi connectivity index (χ0) is 20.1. The second kappa shape index (κ2) is 8.84. The number of carbonyl (C=O) groups is 3. The SMILES string of the molecule is Cc1ccc(/C=C2\SC(=O)N(CCNC(=O)Cc3ccc(F)cc3)C2=O)cc1. The Labute approximate surface area is 166 Å². The van der Waals surface area contributed by atoms with Gasteiger partial charge in [0.15, 0.2) is 0 Å². The highest BCUT2D eigenvalue weighted by Gasteiger charge is 2.34. The van der Waals surface area contributed by atoms with Crippen molar-refractivity contribution in [1.82, 2.24) is 10.2 Å². The molecule has 0 spiro atoms. The Hall–Kier alpha value is -2.93. The van der Waals surface area contributed by atoms with Crippen LogP contribution >= 0.6 is 11.8 Å². The van der Waals surface area contributed by atoms with Crippen molar-refractivity contribution in [3.63, 3.8) is 0 Å². The summed E-state index contributed by atoms with van der Waals surface area (Å²) in [5.74, 6) is -0.973. The molecule has 0 unspecified atom stereocenters. The van der Waals surface area contributed by atoms with Gasteiger partial charge in [-0.1, -0.05) is 42.0 Å². The molecule has 1 saturated heterocycles. The van der Waals surface area contributed by atoms with E-state index in [9.17, 15) is 18.8 Å². The summed E-state index contributed by atoms with van der Waals surface area (Å²) in [4.78, 5) is 38.0. The molecule has 28 heavy (non-hydrogen) atoms. The van der Waals surface area contributed by atoms with E-state index in [-0.39, 0.29) is 42.4 Å². The molecule has 0 aliphatic carbocycles. The van der Waals surface area contributed by atoms with Gasteiger partial charge in [-0.3, -0.25) is 19.3 Å². The average molecular weight is 398 g/mol. The number of aryl methyl sites for hydroxylation is 1. The number of carbonyl (C=O) groups excluding carboxylic acids is 3. The lowest BCUT2D eigenvalue weighted by Crippen LogP contribution is -2.37. The summed E-state index contributed by atoms with van der Waals surface area (Å²) in [6.45, 7) is 2.24. The number of nitrogens with zero attached hydrogens (tertiary/aromatic N) is 1. The minimum atomic E-state index is -0.359. The topological polar surface area (TPSA) is 66.5 Å². The molecule has 0 bridgehead atoms. The first-order chi connectivity index (χ1) is 13.4. The van der Waals surface area contributed by atoms with Crippen LogP contribution in [0.2, 0.25) is 0 Å². The largest absolute Gasteiger partial charge is 0.354 e. The van der Waals surface area contributed by atoms with Crippen LogP contribution in [-0.2, 0) is 16.0 Å². The van der Waals surface area contributed by atoms with Crippen molar-refractivity contribution in [2.75, 3.05) is 13.1 Å². The van der Waals surface area contributed by atoms with Crippen LogP contribution in [0.3, 0.4) is 0 Å². The van der Waals surface area contributed by atoms with Crippen molar-refractivity contribution >= 4 is 34.9 Å². The van der Waals surface area contributed by atoms with E-state index in [2.05, 4.69) is 5.32 Å². The first-order valence-electron chi connectivity index (χ1n) is 8.75. The van der Waals surface area contributed by atoms with E-state index in [0.717, 1.165) is 27.8 Å². The fraction of sp³-hybridized carbons (Fsp3) is 0.190. The van der Waals surface area contributed by atoms with E-state index >= 15 is 0 Å². The lowest BCUT2D eigenvalue weighted by Gasteiger charge is -2.13. The Balaban J connectivity index is 1.52. The number of amides is 3. The molecular formula is C21H19FN2O3S. The number of hydrogen-bond acceptors (Lipinski definition) is 4. The third-order valence-corrected chi connectivity index (χ3v) is 5.09. The van der Waals surface area contributed by atoms with Crippen molar-refractivity contribution in [2.45, 2.75) is 13.3 Å². The monoisotopic (exact) mass is 398 g/mol. The zero-order valence-electron chi connectivity index (χ0n) is 15.3. The molecule has 1 aliphatic heterocycles. The molecule has 0 radical (unpaired) electrons.